The van der Waals surface area contributed by atoms with Crippen LogP contribution in [0.2, 0.25) is 0 Å². The quantitative estimate of drug-likeness (QED) is 0.582. The van der Waals surface area contributed by atoms with Crippen LogP contribution < -0.4 is 0 Å². The smallest absolute Gasteiger partial charge is 0.0703 e. The van der Waals surface area contributed by atoms with E-state index < -0.39 is 0 Å². The number of para-hydroxylation sites is 1. The molecule has 0 saturated heterocycles. The van der Waals surface area contributed by atoms with E-state index in [4.69, 9.17) is 0 Å². The summed E-state index contributed by atoms with van der Waals surface area (Å²) in [4.78, 5) is 4.63. The molecule has 1 aromatic rings. The van der Waals surface area contributed by atoms with E-state index in [1.54, 1.807) is 0 Å². The highest BCUT2D eigenvalue weighted by atomic mass is 14.8. The molecule has 1 heterocycles. The lowest BCUT2D eigenvalue weighted by molar-refractivity contribution is 0.804. The SMILES string of the molecule is C=C1CC(C)C(C)=Nc2ccccc21. The summed E-state index contributed by atoms with van der Waals surface area (Å²) in [7, 11) is 0. The fourth-order valence-corrected chi connectivity index (χ4v) is 1.80. The van der Waals surface area contributed by atoms with Crippen LogP contribution in [0, 0.1) is 5.92 Å². The number of aliphatic imine (C=N–C) groups is 1. The maximum Gasteiger partial charge on any atom is 0.0703 e. The largest absolute Gasteiger partial charge is 0.257 e. The van der Waals surface area contributed by atoms with E-state index in [1.807, 2.05) is 12.1 Å². The van der Waals surface area contributed by atoms with Gasteiger partial charge in [0, 0.05) is 11.3 Å². The van der Waals surface area contributed by atoms with Gasteiger partial charge in [-0.05, 0) is 30.9 Å². The molecule has 1 unspecified atom stereocenters. The van der Waals surface area contributed by atoms with Crippen molar-refractivity contribution in [2.24, 2.45) is 10.9 Å². The van der Waals surface area contributed by atoms with Crippen LogP contribution in [0.1, 0.15) is 25.8 Å². The Hall–Kier alpha value is -1.37. The summed E-state index contributed by atoms with van der Waals surface area (Å²) >= 11 is 0. The van der Waals surface area contributed by atoms with Crippen LogP contribution in [0.15, 0.2) is 35.8 Å². The lowest BCUT2D eigenvalue weighted by Gasteiger charge is -2.08. The van der Waals surface area contributed by atoms with Crippen LogP contribution in [0.25, 0.3) is 5.57 Å². The maximum atomic E-state index is 4.63. The van der Waals surface area contributed by atoms with Crippen molar-refractivity contribution in [3.05, 3.63) is 36.4 Å². The van der Waals surface area contributed by atoms with Crippen molar-refractivity contribution in [2.75, 3.05) is 0 Å². The van der Waals surface area contributed by atoms with Crippen LogP contribution in [0.5, 0.6) is 0 Å². The lowest BCUT2D eigenvalue weighted by Crippen LogP contribution is -2.04. The number of allylic oxidation sites excluding steroid dienone is 1. The van der Waals surface area contributed by atoms with E-state index >= 15 is 0 Å². The van der Waals surface area contributed by atoms with Crippen LogP contribution in [-0.4, -0.2) is 5.71 Å². The molecule has 14 heavy (non-hydrogen) atoms. The standard InChI is InChI=1S/C13H15N/c1-9-8-10(2)12-6-4-5-7-13(12)14-11(9)3/h4-7,9H,2,8H2,1,3H3. The van der Waals surface area contributed by atoms with Crippen LogP contribution in [0.3, 0.4) is 0 Å². The van der Waals surface area contributed by atoms with Gasteiger partial charge in [-0.15, -0.1) is 0 Å². The number of benzene rings is 1. The monoisotopic (exact) mass is 185 g/mol. The summed E-state index contributed by atoms with van der Waals surface area (Å²) in [6.07, 6.45) is 1.02. The van der Waals surface area contributed by atoms with Crippen molar-refractivity contribution in [2.45, 2.75) is 20.3 Å². The molecule has 1 aliphatic heterocycles. The average Bonchev–Trinajstić information content (AvgIpc) is 2.27. The van der Waals surface area contributed by atoms with Crippen molar-refractivity contribution in [1.82, 2.24) is 0 Å². The van der Waals surface area contributed by atoms with Crippen molar-refractivity contribution in [3.8, 4) is 0 Å². The topological polar surface area (TPSA) is 12.4 Å². The van der Waals surface area contributed by atoms with E-state index in [-0.39, 0.29) is 0 Å². The van der Waals surface area contributed by atoms with E-state index in [0.717, 1.165) is 12.1 Å². The maximum absolute atomic E-state index is 4.63. The Bertz CT molecular complexity index is 401. The summed E-state index contributed by atoms with van der Waals surface area (Å²) in [5.74, 6) is 0.509. The number of rotatable bonds is 0. The molecule has 0 N–H and O–H groups in total. The van der Waals surface area contributed by atoms with Gasteiger partial charge in [0.1, 0.15) is 0 Å². The highest BCUT2D eigenvalue weighted by Gasteiger charge is 2.15. The van der Waals surface area contributed by atoms with E-state index in [1.165, 1.54) is 16.8 Å². The van der Waals surface area contributed by atoms with Crippen molar-refractivity contribution >= 4 is 17.0 Å². The van der Waals surface area contributed by atoms with Gasteiger partial charge in [0.25, 0.3) is 0 Å². The van der Waals surface area contributed by atoms with Gasteiger partial charge >= 0.3 is 0 Å². The molecule has 0 spiro atoms. The van der Waals surface area contributed by atoms with E-state index in [0.29, 0.717) is 5.92 Å². The fraction of sp³-hybridized carbons (Fsp3) is 0.308. The first-order chi connectivity index (χ1) is 6.68. The molecular formula is C13H15N. The summed E-state index contributed by atoms with van der Waals surface area (Å²) in [5.41, 5.74) is 4.68. The molecule has 2 rings (SSSR count). The second-order valence-corrected chi connectivity index (χ2v) is 3.98. The predicted octanol–water partition coefficient (Wildman–Crippen LogP) is 3.83. The van der Waals surface area contributed by atoms with Crippen molar-refractivity contribution in [1.29, 1.82) is 0 Å². The Kier molecular flexibility index (Phi) is 2.24. The molecule has 1 heteroatoms. The van der Waals surface area contributed by atoms with Crippen molar-refractivity contribution < 1.29 is 0 Å². The van der Waals surface area contributed by atoms with Gasteiger partial charge in [-0.1, -0.05) is 31.7 Å². The Labute approximate surface area is 85.2 Å². The van der Waals surface area contributed by atoms with Crippen LogP contribution in [-0.2, 0) is 0 Å². The molecule has 1 atom stereocenters. The zero-order valence-electron chi connectivity index (χ0n) is 8.75. The third-order valence-corrected chi connectivity index (χ3v) is 2.85. The van der Waals surface area contributed by atoms with E-state index in [2.05, 4.69) is 37.6 Å². The molecule has 72 valence electrons. The Morgan fingerprint density at radius 3 is 2.86 bits per heavy atom. The lowest BCUT2D eigenvalue weighted by atomic mass is 9.95. The normalized spacial score (nSPS) is 21.1. The minimum absolute atomic E-state index is 0.509. The van der Waals surface area contributed by atoms with Crippen molar-refractivity contribution in [3.63, 3.8) is 0 Å². The highest BCUT2D eigenvalue weighted by Crippen LogP contribution is 2.33. The molecule has 0 fully saturated rings. The number of nitrogens with zero attached hydrogens (tertiary/aromatic N) is 1. The van der Waals surface area contributed by atoms with Gasteiger partial charge in [0.2, 0.25) is 0 Å². The molecule has 0 amide bonds. The van der Waals surface area contributed by atoms with Gasteiger partial charge in [0.15, 0.2) is 0 Å². The zero-order valence-corrected chi connectivity index (χ0v) is 8.75. The van der Waals surface area contributed by atoms with Gasteiger partial charge in [-0.3, -0.25) is 4.99 Å². The molecule has 0 aliphatic carbocycles. The Morgan fingerprint density at radius 1 is 1.36 bits per heavy atom. The van der Waals surface area contributed by atoms with Crippen LogP contribution >= 0.6 is 0 Å². The predicted molar refractivity (Wildman–Crippen MR) is 62.0 cm³/mol. The van der Waals surface area contributed by atoms with Gasteiger partial charge in [-0.25, -0.2) is 0 Å². The van der Waals surface area contributed by atoms with E-state index in [9.17, 15) is 0 Å². The molecule has 1 nitrogen and oxygen atoms in total. The number of hydrogen-bond acceptors (Lipinski definition) is 1. The summed E-state index contributed by atoms with van der Waals surface area (Å²) < 4.78 is 0. The first-order valence-electron chi connectivity index (χ1n) is 5.01. The molecule has 0 saturated carbocycles. The summed E-state index contributed by atoms with van der Waals surface area (Å²) in [5, 5.41) is 0. The molecule has 0 aromatic heterocycles. The molecule has 1 aliphatic rings. The zero-order chi connectivity index (χ0) is 10.1. The second kappa shape index (κ2) is 3.41. The first-order valence-corrected chi connectivity index (χ1v) is 5.01. The summed E-state index contributed by atoms with van der Waals surface area (Å²) in [6, 6.07) is 8.23. The third kappa shape index (κ3) is 1.50. The van der Waals surface area contributed by atoms with Gasteiger partial charge < -0.3 is 0 Å². The molecule has 0 bridgehead atoms. The third-order valence-electron chi connectivity index (χ3n) is 2.85. The molecule has 1 aromatic carbocycles. The second-order valence-electron chi connectivity index (χ2n) is 3.98. The Balaban J connectivity index is 2.56. The summed E-state index contributed by atoms with van der Waals surface area (Å²) in [6.45, 7) is 8.43. The number of hydrogen-bond donors (Lipinski definition) is 0. The minimum Gasteiger partial charge on any atom is -0.257 e. The molecular weight excluding hydrogens is 170 g/mol. The fourth-order valence-electron chi connectivity index (χ4n) is 1.80. The highest BCUT2D eigenvalue weighted by molar-refractivity contribution is 5.92. The van der Waals surface area contributed by atoms with Crippen LogP contribution in [0.4, 0.5) is 5.69 Å². The van der Waals surface area contributed by atoms with Gasteiger partial charge in [0.05, 0.1) is 5.69 Å². The first kappa shape index (κ1) is 9.20. The van der Waals surface area contributed by atoms with Gasteiger partial charge in [-0.2, -0.15) is 0 Å². The average molecular weight is 185 g/mol. The number of fused-ring (bicyclic) bond motifs is 1. The molecule has 0 radical (unpaired) electrons. The minimum atomic E-state index is 0.509. The Morgan fingerprint density at radius 2 is 2.07 bits per heavy atom.